The third kappa shape index (κ3) is 3.79. The number of hydrogen-bond acceptors (Lipinski definition) is 4. The van der Waals surface area contributed by atoms with Gasteiger partial charge < -0.3 is 5.32 Å². The van der Waals surface area contributed by atoms with E-state index < -0.39 is 15.7 Å². The Labute approximate surface area is 100 Å². The van der Waals surface area contributed by atoms with E-state index in [-0.39, 0.29) is 5.69 Å². The van der Waals surface area contributed by atoms with E-state index in [0.29, 0.717) is 23.0 Å². The van der Waals surface area contributed by atoms with Crippen LogP contribution in [0.25, 0.3) is 0 Å². The number of nitrogens with one attached hydrogen (secondary N) is 1. The van der Waals surface area contributed by atoms with E-state index in [9.17, 15) is 14.3 Å². The molecule has 1 aromatic rings. The molecule has 0 heterocycles. The van der Waals surface area contributed by atoms with Crippen LogP contribution in [-0.2, 0) is 10.8 Å². The molecule has 7 heteroatoms. The molecule has 0 saturated carbocycles. The fourth-order valence-electron chi connectivity index (χ4n) is 1.14. The molecule has 0 fully saturated rings. The molecule has 1 atom stereocenters. The molecule has 0 bridgehead atoms. The number of hydrogen-bond donors (Lipinski definition) is 1. The molecule has 1 unspecified atom stereocenters. The summed E-state index contributed by atoms with van der Waals surface area (Å²) in [7, 11) is -0.927. The van der Waals surface area contributed by atoms with Crippen molar-refractivity contribution in [2.45, 2.75) is 0 Å². The summed E-state index contributed by atoms with van der Waals surface area (Å²) in [5.74, 6) is 0.434. The fraction of sp³-hybridized carbons (Fsp3) is 0.333. The Morgan fingerprint density at radius 3 is 2.81 bits per heavy atom. The van der Waals surface area contributed by atoms with Crippen LogP contribution in [0, 0.1) is 10.1 Å². The summed E-state index contributed by atoms with van der Waals surface area (Å²) in [5, 5.41) is 14.0. The minimum Gasteiger partial charge on any atom is -0.379 e. The maximum Gasteiger partial charge on any atom is 0.292 e. The van der Waals surface area contributed by atoms with Gasteiger partial charge in [0.25, 0.3) is 5.69 Å². The third-order valence-corrected chi connectivity index (χ3v) is 2.87. The van der Waals surface area contributed by atoms with Gasteiger partial charge in [-0.25, -0.2) is 0 Å². The third-order valence-electron chi connectivity index (χ3n) is 1.86. The largest absolute Gasteiger partial charge is 0.379 e. The molecular formula is C9H11ClN2O3S. The highest BCUT2D eigenvalue weighted by Gasteiger charge is 2.13. The van der Waals surface area contributed by atoms with Gasteiger partial charge in [0, 0.05) is 40.4 Å². The molecular weight excluding hydrogens is 252 g/mol. The second-order valence-electron chi connectivity index (χ2n) is 3.12. The normalized spacial score (nSPS) is 12.1. The van der Waals surface area contributed by atoms with Crippen LogP contribution >= 0.6 is 11.6 Å². The molecule has 1 aromatic carbocycles. The quantitative estimate of drug-likeness (QED) is 0.651. The number of nitro benzene ring substituents is 1. The lowest BCUT2D eigenvalue weighted by atomic mass is 10.2. The van der Waals surface area contributed by atoms with Gasteiger partial charge in [-0.05, 0) is 12.1 Å². The predicted molar refractivity (Wildman–Crippen MR) is 65.5 cm³/mol. The monoisotopic (exact) mass is 262 g/mol. The molecule has 1 N–H and O–H groups in total. The van der Waals surface area contributed by atoms with Crippen LogP contribution in [0.1, 0.15) is 0 Å². The Morgan fingerprint density at radius 1 is 1.56 bits per heavy atom. The van der Waals surface area contributed by atoms with Gasteiger partial charge >= 0.3 is 0 Å². The lowest BCUT2D eigenvalue weighted by molar-refractivity contribution is -0.384. The molecule has 0 aromatic heterocycles. The van der Waals surface area contributed by atoms with Crippen LogP contribution in [-0.4, -0.2) is 27.7 Å². The van der Waals surface area contributed by atoms with E-state index in [2.05, 4.69) is 5.32 Å². The summed E-state index contributed by atoms with van der Waals surface area (Å²) in [4.78, 5) is 10.2. The summed E-state index contributed by atoms with van der Waals surface area (Å²) in [6.07, 6.45) is 1.58. The van der Waals surface area contributed by atoms with Crippen molar-refractivity contribution in [3.8, 4) is 0 Å². The zero-order chi connectivity index (χ0) is 12.1. The summed E-state index contributed by atoms with van der Waals surface area (Å²) in [5.41, 5.74) is 0.314. The Kier molecular flexibility index (Phi) is 4.70. The van der Waals surface area contributed by atoms with Gasteiger partial charge in [-0.15, -0.1) is 0 Å². The highest BCUT2D eigenvalue weighted by atomic mass is 35.5. The summed E-state index contributed by atoms with van der Waals surface area (Å²) in [6.45, 7) is 0.407. The van der Waals surface area contributed by atoms with Crippen LogP contribution in [0.2, 0.25) is 5.02 Å². The average molecular weight is 263 g/mol. The van der Waals surface area contributed by atoms with Gasteiger partial charge in [0.15, 0.2) is 0 Å². The number of nitrogens with zero attached hydrogens (tertiary/aromatic N) is 1. The Hall–Kier alpha value is -1.14. The van der Waals surface area contributed by atoms with E-state index in [1.165, 1.54) is 18.2 Å². The first-order valence-corrected chi connectivity index (χ1v) is 6.59. The minimum absolute atomic E-state index is 0.0358. The molecule has 1 rings (SSSR count). The van der Waals surface area contributed by atoms with E-state index in [1.54, 1.807) is 6.26 Å². The zero-order valence-electron chi connectivity index (χ0n) is 8.60. The van der Waals surface area contributed by atoms with Crippen molar-refractivity contribution in [2.75, 3.05) is 23.9 Å². The average Bonchev–Trinajstić information content (AvgIpc) is 2.16. The van der Waals surface area contributed by atoms with E-state index in [4.69, 9.17) is 11.6 Å². The van der Waals surface area contributed by atoms with Crippen LogP contribution in [0.15, 0.2) is 18.2 Å². The summed E-state index contributed by atoms with van der Waals surface area (Å²) in [6, 6.07) is 4.29. The standard InChI is InChI=1S/C9H11ClN2O3S/c1-16(15)5-4-11-8-6-7(10)2-3-9(8)12(13)14/h2-3,6,11H,4-5H2,1H3. The Balaban J connectivity index is 2.80. The molecule has 0 amide bonds. The number of anilines is 1. The van der Waals surface area contributed by atoms with Crippen molar-refractivity contribution in [3.63, 3.8) is 0 Å². The topological polar surface area (TPSA) is 72.2 Å². The Morgan fingerprint density at radius 2 is 2.25 bits per heavy atom. The maximum absolute atomic E-state index is 10.8. The van der Waals surface area contributed by atoms with Crippen molar-refractivity contribution in [1.29, 1.82) is 0 Å². The van der Waals surface area contributed by atoms with E-state index in [0.717, 1.165) is 0 Å². The Bertz CT molecular complexity index is 425. The summed E-state index contributed by atoms with van der Waals surface area (Å²) >= 11 is 5.74. The molecule has 0 spiro atoms. The zero-order valence-corrected chi connectivity index (χ0v) is 10.2. The lowest BCUT2D eigenvalue weighted by Gasteiger charge is -2.06. The smallest absolute Gasteiger partial charge is 0.292 e. The number of benzene rings is 1. The molecule has 0 aliphatic carbocycles. The van der Waals surface area contributed by atoms with Gasteiger partial charge in [0.1, 0.15) is 5.69 Å². The number of rotatable bonds is 5. The number of nitro groups is 1. The second-order valence-corrected chi connectivity index (χ2v) is 5.11. The lowest BCUT2D eigenvalue weighted by Crippen LogP contribution is -2.10. The predicted octanol–water partition coefficient (Wildman–Crippen LogP) is 2.04. The fourth-order valence-corrected chi connectivity index (χ4v) is 1.70. The second kappa shape index (κ2) is 5.81. The molecule has 0 radical (unpaired) electrons. The van der Waals surface area contributed by atoms with Gasteiger partial charge in [-0.3, -0.25) is 14.3 Å². The van der Waals surface area contributed by atoms with Crippen molar-refractivity contribution in [3.05, 3.63) is 33.3 Å². The van der Waals surface area contributed by atoms with E-state index in [1.807, 2.05) is 0 Å². The van der Waals surface area contributed by atoms with Crippen molar-refractivity contribution in [1.82, 2.24) is 0 Å². The molecule has 0 aliphatic heterocycles. The molecule has 0 saturated heterocycles. The van der Waals surface area contributed by atoms with Crippen molar-refractivity contribution < 1.29 is 9.13 Å². The van der Waals surface area contributed by atoms with E-state index >= 15 is 0 Å². The first-order chi connectivity index (χ1) is 7.50. The van der Waals surface area contributed by atoms with Crippen LogP contribution in [0.4, 0.5) is 11.4 Å². The molecule has 0 aliphatic rings. The molecule has 16 heavy (non-hydrogen) atoms. The minimum atomic E-state index is -0.927. The van der Waals surface area contributed by atoms with Crippen LogP contribution in [0.5, 0.6) is 0 Å². The SMILES string of the molecule is CS(=O)CCNc1cc(Cl)ccc1[N+](=O)[O-]. The van der Waals surface area contributed by atoms with Gasteiger partial charge in [0.2, 0.25) is 0 Å². The summed E-state index contributed by atoms with van der Waals surface area (Å²) < 4.78 is 10.8. The van der Waals surface area contributed by atoms with Crippen molar-refractivity contribution >= 4 is 33.8 Å². The highest BCUT2D eigenvalue weighted by Crippen LogP contribution is 2.27. The van der Waals surface area contributed by atoms with Crippen LogP contribution < -0.4 is 5.32 Å². The first-order valence-electron chi connectivity index (χ1n) is 4.48. The van der Waals surface area contributed by atoms with Gasteiger partial charge in [0.05, 0.1) is 4.92 Å². The van der Waals surface area contributed by atoms with Gasteiger partial charge in [-0.2, -0.15) is 0 Å². The van der Waals surface area contributed by atoms with Gasteiger partial charge in [-0.1, -0.05) is 11.6 Å². The van der Waals surface area contributed by atoms with Crippen LogP contribution in [0.3, 0.4) is 0 Å². The molecule has 88 valence electrons. The highest BCUT2D eigenvalue weighted by molar-refractivity contribution is 7.84. The number of halogens is 1. The molecule has 5 nitrogen and oxygen atoms in total. The first kappa shape index (κ1) is 12.9. The van der Waals surface area contributed by atoms with Crippen molar-refractivity contribution in [2.24, 2.45) is 0 Å². The maximum atomic E-state index is 10.8.